The van der Waals surface area contributed by atoms with Gasteiger partial charge in [-0.25, -0.2) is 18.1 Å². The number of sulfonamides is 1. The number of hydrogen-bond donors (Lipinski definition) is 2. The van der Waals surface area contributed by atoms with E-state index in [1.54, 1.807) is 30.9 Å². The van der Waals surface area contributed by atoms with E-state index in [1.165, 1.54) is 6.20 Å². The van der Waals surface area contributed by atoms with Gasteiger partial charge in [0.15, 0.2) is 5.03 Å². The van der Waals surface area contributed by atoms with Crippen molar-refractivity contribution < 1.29 is 8.42 Å². The Kier molecular flexibility index (Phi) is 3.84. The van der Waals surface area contributed by atoms with E-state index in [-0.39, 0.29) is 9.77 Å². The molecule has 0 aromatic carbocycles. The zero-order valence-electron chi connectivity index (χ0n) is 10.4. The van der Waals surface area contributed by atoms with Gasteiger partial charge in [-0.15, -0.1) is 0 Å². The first-order valence-corrected chi connectivity index (χ1v) is 8.41. The summed E-state index contributed by atoms with van der Waals surface area (Å²) in [7, 11) is -1.86. The molecule has 1 aliphatic rings. The standard InChI is InChI=1S/C11H17N3O2S2/c1-12-9-4-3-7-13-10(9)18(15,16)14-8-11(17-2)5-6-11/h3-4,7,12,14H,5-6,8H2,1-2H3. The van der Waals surface area contributed by atoms with Crippen LogP contribution in [0.5, 0.6) is 0 Å². The smallest absolute Gasteiger partial charge is 0.260 e. The van der Waals surface area contributed by atoms with Crippen LogP contribution in [0.3, 0.4) is 0 Å². The van der Waals surface area contributed by atoms with Crippen molar-refractivity contribution in [1.29, 1.82) is 0 Å². The van der Waals surface area contributed by atoms with E-state index in [0.29, 0.717) is 12.2 Å². The quantitative estimate of drug-likeness (QED) is 0.825. The average Bonchev–Trinajstić information content (AvgIpc) is 3.17. The molecule has 0 amide bonds. The van der Waals surface area contributed by atoms with E-state index < -0.39 is 10.0 Å². The number of aromatic nitrogens is 1. The van der Waals surface area contributed by atoms with Gasteiger partial charge >= 0.3 is 0 Å². The fraction of sp³-hybridized carbons (Fsp3) is 0.545. The summed E-state index contributed by atoms with van der Waals surface area (Å²) in [5.74, 6) is 0. The van der Waals surface area contributed by atoms with Crippen molar-refractivity contribution in [3.8, 4) is 0 Å². The van der Waals surface area contributed by atoms with Crippen molar-refractivity contribution in [3.63, 3.8) is 0 Å². The lowest BCUT2D eigenvalue weighted by molar-refractivity contribution is 0.576. The normalized spacial score (nSPS) is 17.4. The summed E-state index contributed by atoms with van der Waals surface area (Å²) in [5.41, 5.74) is 0.513. The Morgan fingerprint density at radius 2 is 2.22 bits per heavy atom. The number of nitrogens with zero attached hydrogens (tertiary/aromatic N) is 1. The Bertz CT molecular complexity index is 527. The van der Waals surface area contributed by atoms with E-state index in [0.717, 1.165) is 12.8 Å². The average molecular weight is 287 g/mol. The second-order valence-corrected chi connectivity index (χ2v) is 7.27. The summed E-state index contributed by atoms with van der Waals surface area (Å²) in [6.07, 6.45) is 5.63. The summed E-state index contributed by atoms with van der Waals surface area (Å²) >= 11 is 1.72. The summed E-state index contributed by atoms with van der Waals surface area (Å²) < 4.78 is 27.1. The highest BCUT2D eigenvalue weighted by atomic mass is 32.2. The lowest BCUT2D eigenvalue weighted by Gasteiger charge is -2.14. The third-order valence-electron chi connectivity index (χ3n) is 3.12. The van der Waals surface area contributed by atoms with Crippen LogP contribution in [0.4, 0.5) is 5.69 Å². The van der Waals surface area contributed by atoms with E-state index in [4.69, 9.17) is 0 Å². The Balaban J connectivity index is 2.15. The topological polar surface area (TPSA) is 71.1 Å². The predicted molar refractivity (Wildman–Crippen MR) is 74.5 cm³/mol. The summed E-state index contributed by atoms with van der Waals surface area (Å²) in [5, 5.41) is 2.90. The van der Waals surface area contributed by atoms with Crippen molar-refractivity contribution in [2.75, 3.05) is 25.2 Å². The van der Waals surface area contributed by atoms with Gasteiger partial charge in [0.05, 0.1) is 5.69 Å². The second kappa shape index (κ2) is 5.07. The molecule has 1 saturated carbocycles. The first-order valence-electron chi connectivity index (χ1n) is 5.71. The molecular weight excluding hydrogens is 270 g/mol. The van der Waals surface area contributed by atoms with Gasteiger partial charge < -0.3 is 5.32 Å². The Labute approximate surface area is 112 Å². The maximum atomic E-state index is 12.2. The van der Waals surface area contributed by atoms with Gasteiger partial charge in [0.2, 0.25) is 0 Å². The Morgan fingerprint density at radius 1 is 1.50 bits per heavy atom. The van der Waals surface area contributed by atoms with Gasteiger partial charge in [0.1, 0.15) is 0 Å². The molecule has 0 bridgehead atoms. The number of pyridine rings is 1. The van der Waals surface area contributed by atoms with E-state index in [2.05, 4.69) is 15.0 Å². The fourth-order valence-corrected chi connectivity index (χ4v) is 3.76. The molecular formula is C11H17N3O2S2. The zero-order valence-corrected chi connectivity index (χ0v) is 12.1. The molecule has 100 valence electrons. The van der Waals surface area contributed by atoms with Crippen molar-refractivity contribution in [3.05, 3.63) is 18.3 Å². The number of hydrogen-bond acceptors (Lipinski definition) is 5. The lowest BCUT2D eigenvalue weighted by atomic mass is 10.4. The Morgan fingerprint density at radius 3 is 2.78 bits per heavy atom. The number of rotatable bonds is 6. The molecule has 0 atom stereocenters. The van der Waals surface area contributed by atoms with Gasteiger partial charge in [0.25, 0.3) is 10.0 Å². The van der Waals surface area contributed by atoms with Crippen molar-refractivity contribution in [1.82, 2.24) is 9.71 Å². The molecule has 2 rings (SSSR count). The minimum atomic E-state index is -3.54. The lowest BCUT2D eigenvalue weighted by Crippen LogP contribution is -2.32. The summed E-state index contributed by atoms with van der Waals surface area (Å²) in [6, 6.07) is 3.40. The van der Waals surface area contributed by atoms with Gasteiger partial charge in [0, 0.05) is 24.5 Å². The summed E-state index contributed by atoms with van der Waals surface area (Å²) in [4.78, 5) is 3.95. The van der Waals surface area contributed by atoms with Crippen LogP contribution < -0.4 is 10.0 Å². The number of thioether (sulfide) groups is 1. The van der Waals surface area contributed by atoms with Crippen LogP contribution in [0.25, 0.3) is 0 Å². The van der Waals surface area contributed by atoms with Crippen LogP contribution in [0.2, 0.25) is 0 Å². The molecule has 0 spiro atoms. The molecule has 1 heterocycles. The molecule has 0 unspecified atom stereocenters. The van der Waals surface area contributed by atoms with Crippen molar-refractivity contribution in [2.24, 2.45) is 0 Å². The van der Waals surface area contributed by atoms with Crippen LogP contribution in [0.1, 0.15) is 12.8 Å². The molecule has 0 aliphatic heterocycles. The monoisotopic (exact) mass is 287 g/mol. The predicted octanol–water partition coefficient (Wildman–Crippen LogP) is 1.30. The molecule has 18 heavy (non-hydrogen) atoms. The van der Waals surface area contributed by atoms with Gasteiger partial charge in [-0.1, -0.05) is 0 Å². The highest BCUT2D eigenvalue weighted by molar-refractivity contribution is 8.00. The molecule has 0 radical (unpaired) electrons. The Hall–Kier alpha value is -0.790. The molecule has 5 nitrogen and oxygen atoms in total. The molecule has 1 aliphatic carbocycles. The van der Waals surface area contributed by atoms with Gasteiger partial charge in [-0.3, -0.25) is 0 Å². The molecule has 0 saturated heterocycles. The zero-order chi connectivity index (χ0) is 13.2. The minimum Gasteiger partial charge on any atom is -0.386 e. The van der Waals surface area contributed by atoms with Gasteiger partial charge in [-0.2, -0.15) is 11.8 Å². The largest absolute Gasteiger partial charge is 0.386 e. The van der Waals surface area contributed by atoms with Crippen LogP contribution in [-0.4, -0.2) is 38.0 Å². The fourth-order valence-electron chi connectivity index (χ4n) is 1.68. The van der Waals surface area contributed by atoms with Crippen LogP contribution in [-0.2, 0) is 10.0 Å². The van der Waals surface area contributed by atoms with Crippen LogP contribution in [0.15, 0.2) is 23.4 Å². The maximum absolute atomic E-state index is 12.2. The highest BCUT2D eigenvalue weighted by Crippen LogP contribution is 2.46. The third-order valence-corrected chi connectivity index (χ3v) is 5.90. The molecule has 1 aromatic rings. The highest BCUT2D eigenvalue weighted by Gasteiger charge is 2.42. The molecule has 1 aromatic heterocycles. The van der Waals surface area contributed by atoms with Gasteiger partial charge in [-0.05, 0) is 31.2 Å². The second-order valence-electron chi connectivity index (χ2n) is 4.32. The van der Waals surface area contributed by atoms with E-state index in [9.17, 15) is 8.42 Å². The maximum Gasteiger partial charge on any atom is 0.260 e. The number of anilines is 1. The van der Waals surface area contributed by atoms with E-state index in [1.807, 2.05) is 6.26 Å². The summed E-state index contributed by atoms with van der Waals surface area (Å²) in [6.45, 7) is 0.468. The molecule has 2 N–H and O–H groups in total. The van der Waals surface area contributed by atoms with Crippen LogP contribution in [0, 0.1) is 0 Å². The van der Waals surface area contributed by atoms with Crippen molar-refractivity contribution in [2.45, 2.75) is 22.6 Å². The molecule has 1 fully saturated rings. The minimum absolute atomic E-state index is 0.0596. The first-order chi connectivity index (χ1) is 8.53. The first kappa shape index (κ1) is 13.6. The third kappa shape index (κ3) is 2.78. The molecule has 7 heteroatoms. The van der Waals surface area contributed by atoms with Crippen LogP contribution >= 0.6 is 11.8 Å². The van der Waals surface area contributed by atoms with Crippen molar-refractivity contribution >= 4 is 27.5 Å². The SMILES string of the molecule is CNc1cccnc1S(=O)(=O)NCC1(SC)CC1. The van der Waals surface area contributed by atoms with E-state index >= 15 is 0 Å². The number of nitrogens with one attached hydrogen (secondary N) is 2.